The highest BCUT2D eigenvalue weighted by atomic mass is 32.2. The summed E-state index contributed by atoms with van der Waals surface area (Å²) in [5, 5.41) is 2.56. The highest BCUT2D eigenvalue weighted by Gasteiger charge is 2.21. The molecule has 24 heavy (non-hydrogen) atoms. The number of rotatable bonds is 5. The first-order valence-electron chi connectivity index (χ1n) is 8.87. The lowest BCUT2D eigenvalue weighted by Crippen LogP contribution is -2.00. The molecule has 0 aliphatic heterocycles. The van der Waals surface area contributed by atoms with Gasteiger partial charge in [0.2, 0.25) is 0 Å². The van der Waals surface area contributed by atoms with Crippen molar-refractivity contribution in [3.8, 4) is 11.4 Å². The van der Waals surface area contributed by atoms with Crippen molar-refractivity contribution < 1.29 is 0 Å². The number of benzene rings is 1. The van der Waals surface area contributed by atoms with Crippen molar-refractivity contribution in [2.75, 3.05) is 5.75 Å². The second-order valence-corrected chi connectivity index (χ2v) is 8.48. The van der Waals surface area contributed by atoms with E-state index in [1.54, 1.807) is 10.4 Å². The summed E-state index contributed by atoms with van der Waals surface area (Å²) in [7, 11) is 0. The van der Waals surface area contributed by atoms with Crippen LogP contribution < -0.4 is 0 Å². The summed E-state index contributed by atoms with van der Waals surface area (Å²) < 4.78 is 0. The molecule has 0 amide bonds. The van der Waals surface area contributed by atoms with E-state index in [4.69, 9.17) is 9.97 Å². The molecule has 0 saturated heterocycles. The van der Waals surface area contributed by atoms with E-state index in [2.05, 4.69) is 31.2 Å². The maximum Gasteiger partial charge on any atom is 0.162 e. The van der Waals surface area contributed by atoms with Gasteiger partial charge in [-0.25, -0.2) is 9.97 Å². The van der Waals surface area contributed by atoms with Crippen LogP contribution in [0.4, 0.5) is 0 Å². The Labute approximate surface area is 151 Å². The van der Waals surface area contributed by atoms with Crippen molar-refractivity contribution in [3.05, 3.63) is 40.8 Å². The molecule has 4 rings (SSSR count). The van der Waals surface area contributed by atoms with Crippen molar-refractivity contribution in [2.45, 2.75) is 50.5 Å². The average molecular weight is 355 g/mol. The van der Waals surface area contributed by atoms with Crippen LogP contribution in [0.5, 0.6) is 0 Å². The normalized spacial score (nSPS) is 14.0. The first kappa shape index (κ1) is 16.1. The van der Waals surface area contributed by atoms with Crippen molar-refractivity contribution in [1.29, 1.82) is 0 Å². The quantitative estimate of drug-likeness (QED) is 0.313. The Kier molecular flexibility index (Phi) is 4.86. The first-order valence-corrected chi connectivity index (χ1v) is 10.7. The van der Waals surface area contributed by atoms with Gasteiger partial charge in [-0.1, -0.05) is 43.7 Å². The van der Waals surface area contributed by atoms with Crippen LogP contribution in [0, 0.1) is 0 Å². The van der Waals surface area contributed by atoms with Gasteiger partial charge in [0.1, 0.15) is 9.86 Å². The number of unbranched alkanes of at least 4 members (excludes halogenated alkanes) is 1. The zero-order valence-corrected chi connectivity index (χ0v) is 15.7. The second-order valence-electron chi connectivity index (χ2n) is 6.31. The monoisotopic (exact) mass is 354 g/mol. The summed E-state index contributed by atoms with van der Waals surface area (Å²) >= 11 is 3.81. The van der Waals surface area contributed by atoms with Gasteiger partial charge in [0.25, 0.3) is 0 Å². The topological polar surface area (TPSA) is 25.8 Å². The van der Waals surface area contributed by atoms with E-state index in [1.165, 1.54) is 53.8 Å². The summed E-state index contributed by atoms with van der Waals surface area (Å²) in [6.07, 6.45) is 7.51. The highest BCUT2D eigenvalue weighted by molar-refractivity contribution is 7.99. The third kappa shape index (κ3) is 3.09. The molecule has 2 aromatic heterocycles. The van der Waals surface area contributed by atoms with Crippen molar-refractivity contribution in [2.24, 2.45) is 0 Å². The summed E-state index contributed by atoms with van der Waals surface area (Å²) in [4.78, 5) is 12.7. The van der Waals surface area contributed by atoms with Gasteiger partial charge in [0, 0.05) is 15.8 Å². The number of hydrogen-bond acceptors (Lipinski definition) is 4. The molecular weight excluding hydrogens is 332 g/mol. The molecule has 2 nitrogen and oxygen atoms in total. The molecule has 1 aliphatic carbocycles. The lowest BCUT2D eigenvalue weighted by molar-refractivity contribution is 0.699. The van der Waals surface area contributed by atoms with E-state index in [0.29, 0.717) is 0 Å². The molecule has 3 aromatic rings. The SMILES string of the molecule is CCCCSc1nc(-c2ccccc2)nc2sc3c(c12)CCCC3. The molecule has 0 fully saturated rings. The molecule has 1 aromatic carbocycles. The van der Waals surface area contributed by atoms with Gasteiger partial charge >= 0.3 is 0 Å². The minimum absolute atomic E-state index is 0.876. The zero-order valence-electron chi connectivity index (χ0n) is 14.0. The van der Waals surface area contributed by atoms with Crippen LogP contribution in [-0.2, 0) is 12.8 Å². The van der Waals surface area contributed by atoms with Crippen LogP contribution >= 0.6 is 23.1 Å². The fourth-order valence-corrected chi connectivity index (χ4v) is 5.73. The van der Waals surface area contributed by atoms with Crippen LogP contribution in [0.3, 0.4) is 0 Å². The number of aromatic nitrogens is 2. The van der Waals surface area contributed by atoms with Crippen LogP contribution in [0.1, 0.15) is 43.0 Å². The van der Waals surface area contributed by atoms with Crippen LogP contribution in [0.2, 0.25) is 0 Å². The molecule has 1 aliphatic rings. The van der Waals surface area contributed by atoms with Crippen LogP contribution in [-0.4, -0.2) is 15.7 Å². The molecule has 4 heteroatoms. The number of thioether (sulfide) groups is 1. The maximum absolute atomic E-state index is 4.98. The summed E-state index contributed by atoms with van der Waals surface area (Å²) in [5.74, 6) is 2.02. The number of hydrogen-bond donors (Lipinski definition) is 0. The van der Waals surface area contributed by atoms with Gasteiger partial charge < -0.3 is 0 Å². The van der Waals surface area contributed by atoms with Gasteiger partial charge in [-0.2, -0.15) is 0 Å². The fourth-order valence-electron chi connectivity index (χ4n) is 3.26. The van der Waals surface area contributed by atoms with E-state index < -0.39 is 0 Å². The maximum atomic E-state index is 4.98. The molecule has 0 atom stereocenters. The van der Waals surface area contributed by atoms with Crippen molar-refractivity contribution in [1.82, 2.24) is 9.97 Å². The summed E-state index contributed by atoms with van der Waals surface area (Å²) in [5.41, 5.74) is 2.66. The summed E-state index contributed by atoms with van der Waals surface area (Å²) in [6.45, 7) is 2.25. The average Bonchev–Trinajstić information content (AvgIpc) is 3.01. The lowest BCUT2D eigenvalue weighted by atomic mass is 9.97. The number of fused-ring (bicyclic) bond motifs is 3. The fraction of sp³-hybridized carbons (Fsp3) is 0.400. The minimum atomic E-state index is 0.876. The number of aryl methyl sites for hydroxylation is 2. The van der Waals surface area contributed by atoms with Gasteiger partial charge in [-0.15, -0.1) is 23.1 Å². The largest absolute Gasteiger partial charge is 0.221 e. The Morgan fingerprint density at radius 3 is 2.75 bits per heavy atom. The molecular formula is C20H22N2S2. The molecule has 0 spiro atoms. The molecule has 0 radical (unpaired) electrons. The van der Waals surface area contributed by atoms with Gasteiger partial charge in [-0.3, -0.25) is 0 Å². The van der Waals surface area contributed by atoms with E-state index >= 15 is 0 Å². The molecule has 0 unspecified atom stereocenters. The predicted octanol–water partition coefficient (Wildman–Crippen LogP) is 6.13. The molecule has 2 heterocycles. The Morgan fingerprint density at radius 2 is 1.92 bits per heavy atom. The second kappa shape index (κ2) is 7.24. The number of thiophene rings is 1. The third-order valence-electron chi connectivity index (χ3n) is 4.55. The van der Waals surface area contributed by atoms with Crippen molar-refractivity contribution >= 4 is 33.3 Å². The van der Waals surface area contributed by atoms with Crippen molar-refractivity contribution in [3.63, 3.8) is 0 Å². The smallest absolute Gasteiger partial charge is 0.162 e. The van der Waals surface area contributed by atoms with E-state index in [-0.39, 0.29) is 0 Å². The van der Waals surface area contributed by atoms with E-state index in [1.807, 2.05) is 29.2 Å². The molecule has 0 N–H and O–H groups in total. The van der Waals surface area contributed by atoms with Crippen LogP contribution in [0.15, 0.2) is 35.4 Å². The Balaban J connectivity index is 1.85. The third-order valence-corrected chi connectivity index (χ3v) is 6.80. The van der Waals surface area contributed by atoms with Crippen LogP contribution in [0.25, 0.3) is 21.6 Å². The molecule has 0 bridgehead atoms. The Bertz CT molecular complexity index is 840. The predicted molar refractivity (Wildman–Crippen MR) is 105 cm³/mol. The highest BCUT2D eigenvalue weighted by Crippen LogP contribution is 2.40. The zero-order chi connectivity index (χ0) is 16.4. The van der Waals surface area contributed by atoms with E-state index in [0.717, 1.165) is 17.1 Å². The van der Waals surface area contributed by atoms with Gasteiger partial charge in [0.05, 0.1) is 0 Å². The van der Waals surface area contributed by atoms with Gasteiger partial charge in [-0.05, 0) is 43.4 Å². The lowest BCUT2D eigenvalue weighted by Gasteiger charge is -2.12. The number of nitrogens with zero attached hydrogens (tertiary/aromatic N) is 2. The Hall–Kier alpha value is -1.39. The summed E-state index contributed by atoms with van der Waals surface area (Å²) in [6, 6.07) is 10.4. The van der Waals surface area contributed by atoms with Gasteiger partial charge in [0.15, 0.2) is 5.82 Å². The molecule has 124 valence electrons. The minimum Gasteiger partial charge on any atom is -0.221 e. The molecule has 0 saturated carbocycles. The standard InChI is InChI=1S/C20H22N2S2/c1-2-3-13-23-19-17-15-11-7-8-12-16(15)24-20(17)22-18(21-19)14-9-5-4-6-10-14/h4-6,9-10H,2-3,7-8,11-13H2,1H3. The Morgan fingerprint density at radius 1 is 1.08 bits per heavy atom. The first-order chi connectivity index (χ1) is 11.9. The van der Waals surface area contributed by atoms with E-state index in [9.17, 15) is 0 Å².